The molecule has 1 aromatic carbocycles. The molecule has 67 heavy (non-hydrogen) atoms. The van der Waals surface area contributed by atoms with Crippen LogP contribution >= 0.6 is 0 Å². The Labute approximate surface area is 385 Å². The molecule has 8 heterocycles. The number of rotatable bonds is 13. The summed E-state index contributed by atoms with van der Waals surface area (Å²) in [6.07, 6.45) is 2.08. The van der Waals surface area contributed by atoms with Crippen molar-refractivity contribution in [3.8, 4) is 11.8 Å². The highest BCUT2D eigenvalue weighted by Gasteiger charge is 2.99. The summed E-state index contributed by atoms with van der Waals surface area (Å²) in [6.45, 7) is 8.74. The quantitative estimate of drug-likeness (QED) is 0.174. The third-order valence-electron chi connectivity index (χ3n) is 16.6. The molecule has 7 aliphatic heterocycles. The fourth-order valence-corrected chi connectivity index (χ4v) is 13.3. The number of nitrogens with one attached hydrogen (secondary N) is 1. The second-order valence-electron chi connectivity index (χ2n) is 20.3. The van der Waals surface area contributed by atoms with Gasteiger partial charge in [0, 0.05) is 80.5 Å². The number of fused-ring (bicyclic) bond motifs is 3. The zero-order chi connectivity index (χ0) is 46.8. The van der Waals surface area contributed by atoms with E-state index in [4.69, 9.17) is 28.4 Å². The lowest BCUT2D eigenvalue weighted by atomic mass is 9.42. The molecule has 10 atom stereocenters. The zero-order valence-electron chi connectivity index (χ0n) is 37.7. The van der Waals surface area contributed by atoms with Crippen molar-refractivity contribution >= 4 is 40.6 Å². The van der Waals surface area contributed by atoms with E-state index in [0.717, 1.165) is 29.0 Å². The van der Waals surface area contributed by atoms with E-state index in [2.05, 4.69) is 36.0 Å². The predicted octanol–water partition coefficient (Wildman–Crippen LogP) is 3.09. The minimum Gasteiger partial charge on any atom is -0.494 e. The number of piperazine rings is 1. The molecule has 1 unspecified atom stereocenters. The summed E-state index contributed by atoms with van der Waals surface area (Å²) in [7, 11) is 0. The summed E-state index contributed by atoms with van der Waals surface area (Å²) in [6, 6.07) is 7.13. The molecule has 2 bridgehead atoms. The van der Waals surface area contributed by atoms with Crippen LogP contribution in [0.5, 0.6) is 5.75 Å². The summed E-state index contributed by atoms with van der Waals surface area (Å²) >= 11 is 0. The average molecular weight is 929 g/mol. The molecule has 2 saturated carbocycles. The molecule has 12 rings (SSSR count). The van der Waals surface area contributed by atoms with Crippen LogP contribution in [0.1, 0.15) is 76.1 Å². The summed E-state index contributed by atoms with van der Waals surface area (Å²) in [5.74, 6) is -4.81. The molecular weight excluding hydrogens is 875 g/mol. The normalized spacial score (nSPS) is 36.1. The molecule has 356 valence electrons. The lowest BCUT2D eigenvalue weighted by Crippen LogP contribution is -2.84. The topological polar surface area (TPSA) is 206 Å². The van der Waals surface area contributed by atoms with E-state index in [1.165, 1.54) is 12.3 Å². The van der Waals surface area contributed by atoms with Crippen LogP contribution < -0.4 is 10.1 Å². The molecule has 1 N–H and O–H groups in total. The highest BCUT2D eigenvalue weighted by molar-refractivity contribution is 6.07. The number of ether oxygens (including phenoxy) is 6. The van der Waals surface area contributed by atoms with E-state index in [1.807, 2.05) is 0 Å². The van der Waals surface area contributed by atoms with Crippen molar-refractivity contribution in [2.24, 2.45) is 17.3 Å². The van der Waals surface area contributed by atoms with E-state index in [9.17, 15) is 38.0 Å². The van der Waals surface area contributed by atoms with Crippen LogP contribution in [0.4, 0.5) is 8.78 Å². The Kier molecular flexibility index (Phi) is 10.3. The first-order valence-corrected chi connectivity index (χ1v) is 23.5. The number of likely N-dealkylation sites (tertiary alicyclic amines) is 1. The summed E-state index contributed by atoms with van der Waals surface area (Å²) in [4.78, 5) is 74.8. The standard InChI is InChI=1S/C48H54F2N6O11/c1-26(2)47-39(66-47)40-48(67-40)44(3)11-9-30-32(24-63-42(30)61)38(44)34-21-46(48,65-34)43(47)64-37(59)8-7-35(57)55-16-14-54(15-17-55)13-4-18-62-28-5-6-33-31(19-28)29(10-12-52-33)41(60)53-23-36(58)56-25-45(49,50)20-27(56)22-51/h5-6,10,12,19,26-27,34,38-40,43H,4,7-9,11,13-18,20-21,23-25H2,1-3H3,(H,53,60)/t27-,34?,38+,39-,40-,43-,44-,46+,47-,48+/m0/s1. The Morgan fingerprint density at radius 2 is 1.82 bits per heavy atom. The third-order valence-corrected chi connectivity index (χ3v) is 16.6. The van der Waals surface area contributed by atoms with Crippen LogP contribution in [0.25, 0.3) is 10.9 Å². The van der Waals surface area contributed by atoms with Gasteiger partial charge in [-0.2, -0.15) is 5.26 Å². The van der Waals surface area contributed by atoms with Crippen molar-refractivity contribution in [2.75, 3.05) is 59.0 Å². The van der Waals surface area contributed by atoms with Gasteiger partial charge in [-0.3, -0.25) is 29.1 Å². The van der Waals surface area contributed by atoms with E-state index >= 15 is 0 Å². The maximum absolute atomic E-state index is 13.9. The van der Waals surface area contributed by atoms with Crippen LogP contribution in [0.15, 0.2) is 41.6 Å². The highest BCUT2D eigenvalue weighted by Crippen LogP contribution is 2.82. The molecular formula is C48H54F2N6O11. The molecule has 8 fully saturated rings. The maximum atomic E-state index is 13.9. The van der Waals surface area contributed by atoms with Gasteiger partial charge in [0.15, 0.2) is 6.10 Å². The first kappa shape index (κ1) is 44.2. The Morgan fingerprint density at radius 3 is 2.58 bits per heavy atom. The minimum atomic E-state index is -3.16. The van der Waals surface area contributed by atoms with Crippen molar-refractivity contribution in [1.82, 2.24) is 25.0 Å². The highest BCUT2D eigenvalue weighted by atomic mass is 19.3. The summed E-state index contributed by atoms with van der Waals surface area (Å²) in [5.41, 5.74) is -0.120. The number of esters is 2. The SMILES string of the molecule is CC(C)[C@]12O[C@H]1[C@@H]1O[C@@]13[C@@]1(C)CCC4=C(COC4=O)[C@@H]1C1C[C@@]3(O1)[C@@H]2OC(=O)CCC(=O)N1CCN(CCCOc2ccc3nccc(C(=O)NCC(=O)N4CC(F)(F)C[C@H]4C#N)c3c2)CC1. The van der Waals surface area contributed by atoms with Crippen molar-refractivity contribution in [3.05, 3.63) is 47.2 Å². The number of hydrogen-bond donors (Lipinski definition) is 1. The van der Waals surface area contributed by atoms with Crippen LogP contribution in [0, 0.1) is 28.6 Å². The lowest BCUT2D eigenvalue weighted by molar-refractivity contribution is -0.367. The van der Waals surface area contributed by atoms with Crippen molar-refractivity contribution in [1.29, 1.82) is 5.26 Å². The number of halogens is 2. The number of alkyl halides is 2. The first-order valence-electron chi connectivity index (χ1n) is 23.5. The molecule has 0 radical (unpaired) electrons. The molecule has 1 aromatic heterocycles. The minimum absolute atomic E-state index is 0.0189. The number of pyridine rings is 1. The fraction of sp³-hybridized carbons (Fsp3) is 0.646. The van der Waals surface area contributed by atoms with Crippen LogP contribution in [0.3, 0.4) is 0 Å². The monoisotopic (exact) mass is 928 g/mol. The fourth-order valence-electron chi connectivity index (χ4n) is 13.3. The lowest BCUT2D eigenvalue weighted by Gasteiger charge is -2.70. The predicted molar refractivity (Wildman–Crippen MR) is 228 cm³/mol. The van der Waals surface area contributed by atoms with Crippen molar-refractivity contribution < 1.29 is 61.2 Å². The third kappa shape index (κ3) is 6.63. The Morgan fingerprint density at radius 1 is 1.03 bits per heavy atom. The van der Waals surface area contributed by atoms with Gasteiger partial charge in [-0.05, 0) is 55.0 Å². The van der Waals surface area contributed by atoms with E-state index < -0.39 is 72.2 Å². The van der Waals surface area contributed by atoms with Gasteiger partial charge in [-0.1, -0.05) is 20.8 Å². The first-order chi connectivity index (χ1) is 32.1. The van der Waals surface area contributed by atoms with Gasteiger partial charge >= 0.3 is 11.9 Å². The molecule has 3 aliphatic carbocycles. The molecule has 10 aliphatic rings. The van der Waals surface area contributed by atoms with Gasteiger partial charge in [0.1, 0.15) is 47.4 Å². The smallest absolute Gasteiger partial charge is 0.334 e. The number of nitrogens with zero attached hydrogens (tertiary/aromatic N) is 5. The molecule has 2 spiro atoms. The van der Waals surface area contributed by atoms with Gasteiger partial charge in [0.05, 0.1) is 49.4 Å². The van der Waals surface area contributed by atoms with Crippen LogP contribution in [-0.4, -0.2) is 162 Å². The van der Waals surface area contributed by atoms with Gasteiger partial charge in [0.25, 0.3) is 11.8 Å². The summed E-state index contributed by atoms with van der Waals surface area (Å²) < 4.78 is 65.9. The van der Waals surface area contributed by atoms with Gasteiger partial charge in [-0.25, -0.2) is 13.6 Å². The number of nitriles is 1. The number of hydrogen-bond acceptors (Lipinski definition) is 14. The Balaban J connectivity index is 0.643. The van der Waals surface area contributed by atoms with Crippen molar-refractivity contribution in [3.63, 3.8) is 0 Å². The number of carbonyl (C=O) groups excluding carboxylic acids is 5. The number of aromatic nitrogens is 1. The van der Waals surface area contributed by atoms with Gasteiger partial charge in [0.2, 0.25) is 11.8 Å². The molecule has 6 saturated heterocycles. The molecule has 2 aromatic rings. The average Bonchev–Trinajstić information content (AvgIpc) is 4.18. The Bertz CT molecular complexity index is 2540. The maximum Gasteiger partial charge on any atom is 0.334 e. The van der Waals surface area contributed by atoms with Crippen LogP contribution in [-0.2, 0) is 42.9 Å². The second-order valence-corrected chi connectivity index (χ2v) is 20.3. The second kappa shape index (κ2) is 15.6. The summed E-state index contributed by atoms with van der Waals surface area (Å²) in [5, 5.41) is 12.2. The number of benzene rings is 1. The number of amides is 3. The molecule has 3 amide bonds. The van der Waals surface area contributed by atoms with Crippen molar-refractivity contribution in [2.45, 2.75) is 119 Å². The van der Waals surface area contributed by atoms with E-state index in [0.29, 0.717) is 68.7 Å². The molecule has 17 nitrogen and oxygen atoms in total. The van der Waals surface area contributed by atoms with E-state index in [-0.39, 0.29) is 72.5 Å². The number of cyclic esters (lactones) is 1. The Hall–Kier alpha value is -5.29. The number of carbonyl (C=O) groups is 5. The van der Waals surface area contributed by atoms with Gasteiger partial charge in [-0.15, -0.1) is 0 Å². The van der Waals surface area contributed by atoms with E-state index in [1.54, 1.807) is 29.2 Å². The zero-order valence-corrected chi connectivity index (χ0v) is 37.7. The molecule has 19 heteroatoms. The van der Waals surface area contributed by atoms with Crippen LogP contribution in [0.2, 0.25) is 0 Å². The van der Waals surface area contributed by atoms with Gasteiger partial charge < -0.3 is 43.5 Å². The largest absolute Gasteiger partial charge is 0.494 e. The number of epoxide rings is 2.